The molecule has 0 bridgehead atoms. The molecule has 75 heavy (non-hydrogen) atoms. The van der Waals surface area contributed by atoms with Crippen molar-refractivity contribution >= 4 is 11.9 Å². The Kier molecular flexibility index (Phi) is 49.7. The van der Waals surface area contributed by atoms with E-state index in [1.807, 2.05) is 6.08 Å². The van der Waals surface area contributed by atoms with Gasteiger partial charge in [0, 0.05) is 6.42 Å². The van der Waals surface area contributed by atoms with Gasteiger partial charge in [-0.15, -0.1) is 0 Å². The molecule has 1 fully saturated rings. The molecule has 0 spiro atoms. The van der Waals surface area contributed by atoms with Crippen molar-refractivity contribution in [2.24, 2.45) is 0 Å². The topological polar surface area (TPSA) is 175 Å². The number of hydrogen-bond donors (Lipinski definition) is 6. The lowest BCUT2D eigenvalue weighted by molar-refractivity contribution is -0.305. The maximum atomic E-state index is 13.4. The summed E-state index contributed by atoms with van der Waals surface area (Å²) in [7, 11) is 0. The average molecular weight is 1060 g/mol. The van der Waals surface area contributed by atoms with E-state index in [1.54, 1.807) is 6.08 Å². The molecule has 1 amide bonds. The number of rotatable bonds is 54. The van der Waals surface area contributed by atoms with Crippen molar-refractivity contribution < 1.29 is 49.3 Å². The number of amides is 1. The van der Waals surface area contributed by atoms with Crippen LogP contribution in [0, 0.1) is 0 Å². The van der Waals surface area contributed by atoms with Crippen molar-refractivity contribution in [1.82, 2.24) is 5.32 Å². The van der Waals surface area contributed by atoms with Gasteiger partial charge >= 0.3 is 5.97 Å². The monoisotopic (exact) mass is 1060 g/mol. The molecule has 0 aromatic carbocycles. The van der Waals surface area contributed by atoms with Crippen LogP contribution >= 0.6 is 0 Å². The third-order valence-corrected chi connectivity index (χ3v) is 15.0. The number of hydrogen-bond acceptors (Lipinski definition) is 10. The number of unbranched alkanes of at least 4 members (excludes halogenated alkanes) is 36. The molecule has 440 valence electrons. The normalized spacial score (nSPS) is 19.4. The van der Waals surface area contributed by atoms with E-state index >= 15 is 0 Å². The van der Waals surface area contributed by atoms with Gasteiger partial charge in [0.05, 0.1) is 25.4 Å². The van der Waals surface area contributed by atoms with E-state index in [0.717, 1.165) is 64.2 Å². The van der Waals surface area contributed by atoms with Crippen molar-refractivity contribution in [2.45, 2.75) is 346 Å². The summed E-state index contributed by atoms with van der Waals surface area (Å²) in [6.07, 6.45) is 52.0. The second-order valence-corrected chi connectivity index (χ2v) is 22.1. The molecule has 0 radical (unpaired) electrons. The Hall–Kier alpha value is -2.12. The second kappa shape index (κ2) is 52.6. The van der Waals surface area contributed by atoms with Crippen LogP contribution in [0.4, 0.5) is 0 Å². The standard InChI is InChI=1S/C64H119NO10/c1-4-7-10-13-16-19-22-23-24-25-26-27-28-29-30-31-32-33-34-37-39-42-45-48-51-57(68)63(72)65-55(56(67)50-47-44-41-38-35-20-17-14-11-8-5-2)54-73-64-62(61(71)60(70)58(53-66)74-64)75-59(69)52-49-46-43-40-36-21-18-15-12-9-6-3/h16,19,23-24,47,50,55-58,60-62,64,66-68,70-71H,4-15,17-18,20-22,25-46,48-49,51-54H2,1-3H3,(H,65,72)/b19-16-,24-23-,50-47+. The highest BCUT2D eigenvalue weighted by atomic mass is 16.7. The summed E-state index contributed by atoms with van der Waals surface area (Å²) in [6, 6.07) is -1.02. The van der Waals surface area contributed by atoms with Crippen LogP contribution in [0.3, 0.4) is 0 Å². The number of aliphatic hydroxyl groups excluding tert-OH is 5. The highest BCUT2D eigenvalue weighted by Gasteiger charge is 2.47. The van der Waals surface area contributed by atoms with E-state index in [1.165, 1.54) is 186 Å². The number of nitrogens with one attached hydrogen (secondary N) is 1. The van der Waals surface area contributed by atoms with Gasteiger partial charge in [0.25, 0.3) is 0 Å². The Morgan fingerprint density at radius 3 is 1.39 bits per heavy atom. The first kappa shape index (κ1) is 70.9. The predicted molar refractivity (Wildman–Crippen MR) is 311 cm³/mol. The highest BCUT2D eigenvalue weighted by Crippen LogP contribution is 2.26. The summed E-state index contributed by atoms with van der Waals surface area (Å²) in [4.78, 5) is 26.5. The molecule has 1 saturated heterocycles. The van der Waals surface area contributed by atoms with Gasteiger partial charge in [0.2, 0.25) is 5.91 Å². The van der Waals surface area contributed by atoms with Gasteiger partial charge in [-0.2, -0.15) is 0 Å². The van der Waals surface area contributed by atoms with Gasteiger partial charge in [-0.3, -0.25) is 9.59 Å². The molecule has 0 saturated carbocycles. The molecule has 8 unspecified atom stereocenters. The predicted octanol–water partition coefficient (Wildman–Crippen LogP) is 15.1. The van der Waals surface area contributed by atoms with Crippen LogP contribution in [0.15, 0.2) is 36.5 Å². The van der Waals surface area contributed by atoms with Crippen molar-refractivity contribution in [2.75, 3.05) is 13.2 Å². The Labute approximate surface area is 460 Å². The maximum Gasteiger partial charge on any atom is 0.306 e. The molecule has 1 heterocycles. The number of aliphatic hydroxyl groups is 5. The van der Waals surface area contributed by atoms with E-state index < -0.39 is 67.4 Å². The van der Waals surface area contributed by atoms with Crippen LogP contribution in [-0.4, -0.2) is 99.6 Å². The smallest absolute Gasteiger partial charge is 0.306 e. The highest BCUT2D eigenvalue weighted by molar-refractivity contribution is 5.80. The maximum absolute atomic E-state index is 13.4. The summed E-state index contributed by atoms with van der Waals surface area (Å²) >= 11 is 0. The van der Waals surface area contributed by atoms with Gasteiger partial charge in [-0.25, -0.2) is 0 Å². The quantitative estimate of drug-likeness (QED) is 0.0195. The van der Waals surface area contributed by atoms with E-state index in [2.05, 4.69) is 50.4 Å². The number of esters is 1. The molecule has 8 atom stereocenters. The van der Waals surface area contributed by atoms with E-state index in [4.69, 9.17) is 14.2 Å². The van der Waals surface area contributed by atoms with E-state index in [9.17, 15) is 35.1 Å². The molecule has 1 aliphatic rings. The zero-order valence-electron chi connectivity index (χ0n) is 48.7. The zero-order valence-corrected chi connectivity index (χ0v) is 48.7. The average Bonchev–Trinajstić information content (AvgIpc) is 3.41. The number of carbonyl (C=O) groups is 2. The molecular weight excluding hydrogens is 943 g/mol. The summed E-state index contributed by atoms with van der Waals surface area (Å²) < 4.78 is 17.6. The SMILES string of the molecule is CCCCC/C=C\C/C=C\CCCCCCCCCCCCCCCCC(O)C(=O)NC(COC1OC(CO)C(O)C(O)C1OC(=O)CCCCCCCCCCCCC)C(O)/C=C/CCCCCCCCCCC. The minimum absolute atomic E-state index is 0.128. The molecular formula is C64H119NO10. The first-order chi connectivity index (χ1) is 36.7. The van der Waals surface area contributed by atoms with Crippen molar-refractivity contribution in [3.05, 3.63) is 36.5 Å². The van der Waals surface area contributed by atoms with Crippen molar-refractivity contribution in [3.63, 3.8) is 0 Å². The lowest BCUT2D eigenvalue weighted by Gasteiger charge is -2.41. The second-order valence-electron chi connectivity index (χ2n) is 22.1. The van der Waals surface area contributed by atoms with Crippen LogP contribution in [0.5, 0.6) is 0 Å². The molecule has 0 aromatic rings. The Morgan fingerprint density at radius 1 is 0.520 bits per heavy atom. The largest absolute Gasteiger partial charge is 0.454 e. The summed E-state index contributed by atoms with van der Waals surface area (Å²) in [6.45, 7) is 5.76. The molecule has 1 rings (SSSR count). The molecule has 0 aliphatic carbocycles. The van der Waals surface area contributed by atoms with Gasteiger partial charge in [0.1, 0.15) is 24.4 Å². The van der Waals surface area contributed by atoms with Gasteiger partial charge in [-0.05, 0) is 57.8 Å². The van der Waals surface area contributed by atoms with E-state index in [0.29, 0.717) is 19.3 Å². The number of ether oxygens (including phenoxy) is 3. The van der Waals surface area contributed by atoms with Crippen molar-refractivity contribution in [3.8, 4) is 0 Å². The van der Waals surface area contributed by atoms with Crippen LogP contribution in [0.2, 0.25) is 0 Å². The summed E-state index contributed by atoms with van der Waals surface area (Å²) in [5.41, 5.74) is 0. The van der Waals surface area contributed by atoms with Gasteiger partial charge < -0.3 is 45.1 Å². The molecule has 6 N–H and O–H groups in total. The lowest BCUT2D eigenvalue weighted by Crippen LogP contribution is -2.61. The minimum Gasteiger partial charge on any atom is -0.454 e. The third-order valence-electron chi connectivity index (χ3n) is 15.0. The lowest BCUT2D eigenvalue weighted by atomic mass is 9.99. The van der Waals surface area contributed by atoms with Crippen LogP contribution in [0.1, 0.15) is 297 Å². The zero-order chi connectivity index (χ0) is 54.7. The molecule has 11 heteroatoms. The first-order valence-corrected chi connectivity index (χ1v) is 31.8. The summed E-state index contributed by atoms with van der Waals surface area (Å²) in [5, 5.41) is 56.9. The number of carbonyl (C=O) groups excluding carboxylic acids is 2. The van der Waals surface area contributed by atoms with Gasteiger partial charge in [-0.1, -0.05) is 269 Å². The minimum atomic E-state index is -1.61. The van der Waals surface area contributed by atoms with E-state index in [-0.39, 0.29) is 13.0 Å². The molecule has 11 nitrogen and oxygen atoms in total. The van der Waals surface area contributed by atoms with Crippen LogP contribution in [0.25, 0.3) is 0 Å². The molecule has 1 aliphatic heterocycles. The first-order valence-electron chi connectivity index (χ1n) is 31.8. The fourth-order valence-electron chi connectivity index (χ4n) is 9.98. The fraction of sp³-hybridized carbons (Fsp3) is 0.875. The Balaban J connectivity index is 2.57. The number of allylic oxidation sites excluding steroid dienone is 5. The van der Waals surface area contributed by atoms with Gasteiger partial charge in [0.15, 0.2) is 12.4 Å². The molecule has 0 aromatic heterocycles. The van der Waals surface area contributed by atoms with Crippen LogP contribution < -0.4 is 5.32 Å². The summed E-state index contributed by atoms with van der Waals surface area (Å²) in [5.74, 6) is -1.19. The third kappa shape index (κ3) is 40.7. The fourth-order valence-corrected chi connectivity index (χ4v) is 9.98. The van der Waals surface area contributed by atoms with Crippen molar-refractivity contribution in [1.29, 1.82) is 0 Å². The Bertz CT molecular complexity index is 1360. The van der Waals surface area contributed by atoms with Crippen LogP contribution in [-0.2, 0) is 23.8 Å². The Morgan fingerprint density at radius 2 is 0.920 bits per heavy atom.